The molecule has 232 valence electrons. The number of para-hydroxylation sites is 2. The van der Waals surface area contributed by atoms with Gasteiger partial charge < -0.3 is 0 Å². The van der Waals surface area contributed by atoms with E-state index in [-0.39, 0.29) is 0 Å². The number of hydrogen-bond acceptors (Lipinski definition) is 3. The monoisotopic (exact) mass is 653 g/mol. The van der Waals surface area contributed by atoms with Crippen molar-refractivity contribution in [1.82, 2.24) is 14.5 Å². The second-order valence-corrected chi connectivity index (χ2v) is 14.1. The van der Waals surface area contributed by atoms with Gasteiger partial charge in [-0.1, -0.05) is 121 Å². The molecule has 0 amide bonds. The number of thiophene rings is 1. The zero-order chi connectivity index (χ0) is 32.8. The molecule has 0 aliphatic carbocycles. The lowest BCUT2D eigenvalue weighted by Crippen LogP contribution is -2.02. The third-order valence-electron chi connectivity index (χ3n) is 10.2. The molecule has 3 nitrogen and oxygen atoms in total. The number of hydrogen-bond donors (Lipinski definition) is 0. The fourth-order valence-electron chi connectivity index (χ4n) is 7.94. The normalized spacial score (nSPS) is 12.0. The lowest BCUT2D eigenvalue weighted by Gasteiger charge is -2.13. The summed E-state index contributed by atoms with van der Waals surface area (Å²) in [6.45, 7) is 0. The van der Waals surface area contributed by atoms with Crippen LogP contribution in [0.15, 0.2) is 164 Å². The Bertz CT molecular complexity index is 3040. The lowest BCUT2D eigenvalue weighted by atomic mass is 9.92. The van der Waals surface area contributed by atoms with Crippen LogP contribution in [-0.4, -0.2) is 14.5 Å². The maximum Gasteiger partial charge on any atom is 0.162 e. The fourth-order valence-corrected chi connectivity index (χ4v) is 9.10. The zero-order valence-corrected chi connectivity index (χ0v) is 27.7. The van der Waals surface area contributed by atoms with Gasteiger partial charge in [0.1, 0.15) is 5.82 Å². The van der Waals surface area contributed by atoms with E-state index in [0.717, 1.165) is 39.2 Å². The van der Waals surface area contributed by atoms with Crippen molar-refractivity contribution < 1.29 is 0 Å². The van der Waals surface area contributed by atoms with Gasteiger partial charge in [-0.05, 0) is 69.1 Å². The summed E-state index contributed by atoms with van der Waals surface area (Å²) in [5, 5.41) is 10.4. The molecule has 11 rings (SSSR count). The van der Waals surface area contributed by atoms with E-state index in [2.05, 4.69) is 150 Å². The minimum absolute atomic E-state index is 0.702. The highest BCUT2D eigenvalue weighted by Crippen LogP contribution is 2.45. The number of rotatable bonds is 4. The molecule has 0 bridgehead atoms. The molecule has 0 fully saturated rings. The minimum Gasteiger partial charge on any atom is -0.294 e. The molecule has 0 aliphatic heterocycles. The van der Waals surface area contributed by atoms with Gasteiger partial charge in [0.2, 0.25) is 0 Å². The highest BCUT2D eigenvalue weighted by Gasteiger charge is 2.18. The first-order valence-corrected chi connectivity index (χ1v) is 17.7. The molecular formula is C46H27N3S. The van der Waals surface area contributed by atoms with E-state index in [9.17, 15) is 0 Å². The van der Waals surface area contributed by atoms with Crippen molar-refractivity contribution in [1.29, 1.82) is 0 Å². The van der Waals surface area contributed by atoms with Crippen LogP contribution in [0.3, 0.4) is 0 Å². The highest BCUT2D eigenvalue weighted by atomic mass is 32.1. The van der Waals surface area contributed by atoms with Crippen molar-refractivity contribution >= 4 is 74.9 Å². The second-order valence-electron chi connectivity index (χ2n) is 13.0. The van der Waals surface area contributed by atoms with Crippen LogP contribution in [-0.2, 0) is 0 Å². The number of fused-ring (bicyclic) bond motifs is 6. The molecule has 0 N–H and O–H groups in total. The molecule has 3 aromatic heterocycles. The Morgan fingerprint density at radius 3 is 1.70 bits per heavy atom. The summed E-state index contributed by atoms with van der Waals surface area (Å²) in [5.41, 5.74) is 7.51. The molecule has 0 radical (unpaired) electrons. The van der Waals surface area contributed by atoms with E-state index < -0.39 is 0 Å². The predicted molar refractivity (Wildman–Crippen MR) is 212 cm³/mol. The molecule has 8 aromatic carbocycles. The second kappa shape index (κ2) is 10.6. The first-order chi connectivity index (χ1) is 24.8. The Morgan fingerprint density at radius 2 is 0.960 bits per heavy atom. The smallest absolute Gasteiger partial charge is 0.162 e. The first-order valence-electron chi connectivity index (χ1n) is 16.9. The van der Waals surface area contributed by atoms with Gasteiger partial charge in [0.25, 0.3) is 0 Å². The average molecular weight is 654 g/mol. The first kappa shape index (κ1) is 27.6. The molecule has 0 saturated heterocycles. The lowest BCUT2D eigenvalue weighted by molar-refractivity contribution is 1.05. The Morgan fingerprint density at radius 1 is 0.380 bits per heavy atom. The van der Waals surface area contributed by atoms with E-state index in [0.29, 0.717) is 5.82 Å². The maximum absolute atomic E-state index is 5.20. The topological polar surface area (TPSA) is 30.7 Å². The van der Waals surface area contributed by atoms with Crippen molar-refractivity contribution in [2.24, 2.45) is 0 Å². The van der Waals surface area contributed by atoms with Gasteiger partial charge in [-0.15, -0.1) is 11.3 Å². The summed E-state index contributed by atoms with van der Waals surface area (Å²) in [7, 11) is 0. The van der Waals surface area contributed by atoms with E-state index in [4.69, 9.17) is 9.97 Å². The van der Waals surface area contributed by atoms with Crippen LogP contribution >= 0.6 is 11.3 Å². The van der Waals surface area contributed by atoms with Crippen molar-refractivity contribution in [2.75, 3.05) is 0 Å². The van der Waals surface area contributed by atoms with Crippen LogP contribution in [0.5, 0.6) is 0 Å². The van der Waals surface area contributed by atoms with Crippen LogP contribution in [0.25, 0.3) is 103 Å². The van der Waals surface area contributed by atoms with E-state index in [1.807, 2.05) is 29.5 Å². The Kier molecular flexibility index (Phi) is 5.83. The van der Waals surface area contributed by atoms with E-state index in [1.165, 1.54) is 58.1 Å². The maximum atomic E-state index is 5.20. The molecule has 0 unspecified atom stereocenters. The van der Waals surface area contributed by atoms with Crippen molar-refractivity contribution in [3.63, 3.8) is 0 Å². The van der Waals surface area contributed by atoms with Gasteiger partial charge in [-0.2, -0.15) is 0 Å². The van der Waals surface area contributed by atoms with Crippen molar-refractivity contribution in [3.8, 4) is 39.6 Å². The average Bonchev–Trinajstić information content (AvgIpc) is 3.74. The summed E-state index contributed by atoms with van der Waals surface area (Å²) in [5.74, 6) is 1.55. The number of nitrogens with zero attached hydrogens (tertiary/aromatic N) is 3. The molecule has 0 aliphatic rings. The SMILES string of the molecule is c1ccc(-c2nc(-c3cccc(-c4ccc5c(c4)c4cccc6sc7cccc5c7c64)c3)cc(-n3c4ccccc4c4ccccc43)n2)cc1. The molecule has 0 atom stereocenters. The summed E-state index contributed by atoms with van der Waals surface area (Å²) in [4.78, 5) is 10.4. The van der Waals surface area contributed by atoms with Gasteiger partial charge in [0, 0.05) is 48.1 Å². The quantitative estimate of drug-likeness (QED) is 0.177. The fraction of sp³-hybridized carbons (Fsp3) is 0. The molecule has 11 aromatic rings. The van der Waals surface area contributed by atoms with Gasteiger partial charge >= 0.3 is 0 Å². The highest BCUT2D eigenvalue weighted by molar-refractivity contribution is 7.26. The van der Waals surface area contributed by atoms with Crippen molar-refractivity contribution in [3.05, 3.63) is 164 Å². The van der Waals surface area contributed by atoms with Crippen LogP contribution in [0.1, 0.15) is 0 Å². The van der Waals surface area contributed by atoms with E-state index >= 15 is 0 Å². The Hall–Kier alpha value is -6.36. The van der Waals surface area contributed by atoms with Crippen LogP contribution in [0, 0.1) is 0 Å². The summed E-state index contributed by atoms with van der Waals surface area (Å²) in [6.07, 6.45) is 0. The predicted octanol–water partition coefficient (Wildman–Crippen LogP) is 12.7. The molecule has 0 saturated carbocycles. The molecule has 50 heavy (non-hydrogen) atoms. The number of benzene rings is 8. The summed E-state index contributed by atoms with van der Waals surface area (Å²) >= 11 is 1.89. The largest absolute Gasteiger partial charge is 0.294 e. The van der Waals surface area contributed by atoms with Gasteiger partial charge in [-0.25, -0.2) is 9.97 Å². The van der Waals surface area contributed by atoms with Crippen LogP contribution in [0.4, 0.5) is 0 Å². The molecule has 3 heterocycles. The van der Waals surface area contributed by atoms with Crippen molar-refractivity contribution in [2.45, 2.75) is 0 Å². The van der Waals surface area contributed by atoms with Crippen LogP contribution in [0.2, 0.25) is 0 Å². The minimum atomic E-state index is 0.702. The van der Waals surface area contributed by atoms with Crippen LogP contribution < -0.4 is 0 Å². The zero-order valence-electron chi connectivity index (χ0n) is 26.8. The Labute approximate surface area is 291 Å². The summed E-state index contributed by atoms with van der Waals surface area (Å²) < 4.78 is 4.97. The molecular weight excluding hydrogens is 627 g/mol. The Balaban J connectivity index is 1.12. The molecule has 4 heteroatoms. The third-order valence-corrected chi connectivity index (χ3v) is 11.3. The van der Waals surface area contributed by atoms with Gasteiger partial charge in [0.05, 0.1) is 16.7 Å². The molecule has 0 spiro atoms. The van der Waals surface area contributed by atoms with Gasteiger partial charge in [-0.3, -0.25) is 4.57 Å². The number of aromatic nitrogens is 3. The summed E-state index contributed by atoms with van der Waals surface area (Å²) in [6, 6.07) is 58.8. The van der Waals surface area contributed by atoms with Gasteiger partial charge in [0.15, 0.2) is 5.82 Å². The standard InChI is InChI=1S/C46H27N3S/c1-2-11-28(12-3-1)46-47-38(27-43(48-46)49-39-19-6-4-15-33(39)34-16-5-7-20-40(34)49)31-14-8-13-29(25-31)30-23-24-32-35-17-9-21-41-44(35)45-36(37(32)26-30)18-10-22-42(45)50-41/h1-27H. The third kappa shape index (κ3) is 4.03. The van der Waals surface area contributed by atoms with E-state index in [1.54, 1.807) is 0 Å².